The lowest BCUT2D eigenvalue weighted by Gasteiger charge is -2.19. The number of anilines is 2. The molecular weight excluding hydrogens is 408 g/mol. The molecule has 2 aromatic heterocycles. The van der Waals surface area contributed by atoms with Crippen molar-refractivity contribution in [1.82, 2.24) is 9.38 Å². The molecule has 1 N–H and O–H groups in total. The number of para-hydroxylation sites is 2. The number of imidazole rings is 1. The van der Waals surface area contributed by atoms with Crippen molar-refractivity contribution in [3.63, 3.8) is 0 Å². The van der Waals surface area contributed by atoms with Crippen LogP contribution >= 0.6 is 0 Å². The molecule has 162 valence electrons. The number of hydrogen-bond acceptors (Lipinski definition) is 4. The van der Waals surface area contributed by atoms with Crippen molar-refractivity contribution in [3.05, 3.63) is 101 Å². The Labute approximate surface area is 192 Å². The minimum absolute atomic E-state index is 0.605. The molecule has 0 radical (unpaired) electrons. The summed E-state index contributed by atoms with van der Waals surface area (Å²) in [5.74, 6) is 1.72. The second-order valence-corrected chi connectivity index (χ2v) is 8.21. The predicted molar refractivity (Wildman–Crippen MR) is 132 cm³/mol. The molecule has 0 bridgehead atoms. The van der Waals surface area contributed by atoms with Crippen LogP contribution in [0.1, 0.15) is 27.8 Å². The van der Waals surface area contributed by atoms with Crippen LogP contribution in [0, 0.1) is 25.2 Å². The highest BCUT2D eigenvalue weighted by molar-refractivity contribution is 5.87. The van der Waals surface area contributed by atoms with Gasteiger partial charge in [0.25, 0.3) is 0 Å². The molecule has 0 saturated carbocycles. The Balaban J connectivity index is 1.79. The van der Waals surface area contributed by atoms with E-state index in [0.29, 0.717) is 17.6 Å². The third kappa shape index (κ3) is 3.66. The molecule has 5 aromatic rings. The number of fused-ring (bicyclic) bond motifs is 3. The maximum absolute atomic E-state index is 10.1. The van der Waals surface area contributed by atoms with Crippen molar-refractivity contribution in [1.29, 1.82) is 5.26 Å². The average molecular weight is 433 g/mol. The molecule has 0 atom stereocenters. The van der Waals surface area contributed by atoms with Gasteiger partial charge in [0.05, 0.1) is 23.7 Å². The van der Waals surface area contributed by atoms with E-state index in [1.54, 1.807) is 7.11 Å². The van der Waals surface area contributed by atoms with E-state index in [9.17, 15) is 5.26 Å². The summed E-state index contributed by atoms with van der Waals surface area (Å²) in [7, 11) is 1.66. The fourth-order valence-corrected chi connectivity index (χ4v) is 4.25. The Morgan fingerprint density at radius 3 is 2.39 bits per heavy atom. The van der Waals surface area contributed by atoms with Crippen molar-refractivity contribution >= 4 is 28.2 Å². The highest BCUT2D eigenvalue weighted by Gasteiger charge is 2.21. The molecular formula is C28H24N4O. The highest BCUT2D eigenvalue weighted by Crippen LogP contribution is 2.34. The average Bonchev–Trinajstić information content (AvgIpc) is 3.22. The number of nitrogens with zero attached hydrogens (tertiary/aromatic N) is 3. The van der Waals surface area contributed by atoms with Crippen molar-refractivity contribution in [3.8, 4) is 11.8 Å². The van der Waals surface area contributed by atoms with E-state index < -0.39 is 0 Å². The summed E-state index contributed by atoms with van der Waals surface area (Å²) in [5.41, 5.74) is 8.45. The first-order valence-electron chi connectivity index (χ1n) is 10.9. The topological polar surface area (TPSA) is 62.3 Å². The van der Waals surface area contributed by atoms with Gasteiger partial charge in [0.2, 0.25) is 0 Å². The van der Waals surface area contributed by atoms with Gasteiger partial charge in [-0.15, -0.1) is 0 Å². The second-order valence-electron chi connectivity index (χ2n) is 8.21. The van der Waals surface area contributed by atoms with E-state index in [2.05, 4.69) is 47.0 Å². The maximum Gasteiger partial charge on any atom is 0.157 e. The summed E-state index contributed by atoms with van der Waals surface area (Å²) in [4.78, 5) is 4.82. The van der Waals surface area contributed by atoms with Gasteiger partial charge in [-0.1, -0.05) is 42.0 Å². The van der Waals surface area contributed by atoms with Gasteiger partial charge in [-0.3, -0.25) is 4.40 Å². The second kappa shape index (κ2) is 8.33. The zero-order chi connectivity index (χ0) is 22.9. The summed E-state index contributed by atoms with van der Waals surface area (Å²) in [6, 6.07) is 26.8. The zero-order valence-electron chi connectivity index (χ0n) is 18.9. The molecule has 5 rings (SSSR count). The van der Waals surface area contributed by atoms with E-state index in [-0.39, 0.29) is 0 Å². The number of rotatable bonds is 5. The monoisotopic (exact) mass is 432 g/mol. The third-order valence-corrected chi connectivity index (χ3v) is 6.09. The predicted octanol–water partition coefficient (Wildman–Crippen LogP) is 6.32. The molecule has 3 aromatic carbocycles. The fraction of sp³-hybridized carbons (Fsp3) is 0.143. The number of aromatic nitrogens is 2. The number of ether oxygens (including phenoxy) is 1. The number of hydrogen-bond donors (Lipinski definition) is 1. The van der Waals surface area contributed by atoms with Gasteiger partial charge in [-0.2, -0.15) is 5.26 Å². The van der Waals surface area contributed by atoms with E-state index in [1.807, 2.05) is 55.5 Å². The number of nitrogens with one attached hydrogen (secondary N) is 1. The Kier molecular flexibility index (Phi) is 5.20. The fourth-order valence-electron chi connectivity index (χ4n) is 4.25. The zero-order valence-corrected chi connectivity index (χ0v) is 18.9. The molecule has 5 nitrogen and oxygen atoms in total. The first-order chi connectivity index (χ1) is 16.1. The largest absolute Gasteiger partial charge is 0.497 e. The van der Waals surface area contributed by atoms with Crippen molar-refractivity contribution in [2.24, 2.45) is 0 Å². The van der Waals surface area contributed by atoms with Gasteiger partial charge >= 0.3 is 0 Å². The SMILES string of the molecule is COc1ccc(Nc2c(Cc3ccc(C)cc3)c(C)c(C#N)c3nc4ccccc4n23)cc1. The molecule has 0 aliphatic carbocycles. The van der Waals surface area contributed by atoms with Gasteiger partial charge in [0.1, 0.15) is 17.6 Å². The Bertz CT molecular complexity index is 1510. The van der Waals surface area contributed by atoms with Crippen molar-refractivity contribution in [2.75, 3.05) is 12.4 Å². The van der Waals surface area contributed by atoms with Crippen LogP contribution in [0.3, 0.4) is 0 Å². The lowest BCUT2D eigenvalue weighted by atomic mass is 9.97. The number of aryl methyl sites for hydroxylation is 1. The first-order valence-corrected chi connectivity index (χ1v) is 10.9. The third-order valence-electron chi connectivity index (χ3n) is 6.09. The van der Waals surface area contributed by atoms with Crippen molar-refractivity contribution < 1.29 is 4.74 Å². The van der Waals surface area contributed by atoms with Crippen LogP contribution in [0.15, 0.2) is 72.8 Å². The van der Waals surface area contributed by atoms with Crippen LogP contribution in [0.2, 0.25) is 0 Å². The summed E-state index contributed by atoms with van der Waals surface area (Å²) in [5, 5.41) is 13.7. The lowest BCUT2D eigenvalue weighted by molar-refractivity contribution is 0.415. The smallest absolute Gasteiger partial charge is 0.157 e. The van der Waals surface area contributed by atoms with E-state index in [4.69, 9.17) is 9.72 Å². The minimum Gasteiger partial charge on any atom is -0.497 e. The minimum atomic E-state index is 0.605. The van der Waals surface area contributed by atoms with Gasteiger partial charge in [0.15, 0.2) is 5.65 Å². The summed E-state index contributed by atoms with van der Waals surface area (Å²) in [6.07, 6.45) is 0.696. The Morgan fingerprint density at radius 2 is 1.70 bits per heavy atom. The number of benzene rings is 3. The van der Waals surface area contributed by atoms with Crippen LogP contribution in [-0.4, -0.2) is 16.5 Å². The van der Waals surface area contributed by atoms with E-state index in [0.717, 1.165) is 39.4 Å². The number of methoxy groups -OCH3 is 1. The standard InChI is InChI=1S/C28H24N4O/c1-18-8-10-20(11-9-18)16-23-19(2)24(17-29)28-31-25-6-4-5-7-26(25)32(28)27(23)30-21-12-14-22(33-3)15-13-21/h4-15,30H,16H2,1-3H3. The van der Waals surface area contributed by atoms with Gasteiger partial charge in [-0.25, -0.2) is 4.98 Å². The lowest BCUT2D eigenvalue weighted by Crippen LogP contribution is -2.09. The van der Waals surface area contributed by atoms with Crippen LogP contribution in [0.25, 0.3) is 16.7 Å². The van der Waals surface area contributed by atoms with Gasteiger partial charge < -0.3 is 10.1 Å². The number of pyridine rings is 1. The highest BCUT2D eigenvalue weighted by atomic mass is 16.5. The summed E-state index contributed by atoms with van der Waals surface area (Å²) in [6.45, 7) is 4.10. The van der Waals surface area contributed by atoms with Crippen LogP contribution in [0.4, 0.5) is 11.5 Å². The van der Waals surface area contributed by atoms with Gasteiger partial charge in [0, 0.05) is 17.7 Å². The molecule has 0 fully saturated rings. The first kappa shape index (κ1) is 20.6. The van der Waals surface area contributed by atoms with Gasteiger partial charge in [-0.05, 0) is 61.4 Å². The molecule has 0 unspecified atom stereocenters. The quantitative estimate of drug-likeness (QED) is 0.353. The van der Waals surface area contributed by atoms with Crippen molar-refractivity contribution in [2.45, 2.75) is 20.3 Å². The van der Waals surface area contributed by atoms with Crippen LogP contribution in [-0.2, 0) is 6.42 Å². The van der Waals surface area contributed by atoms with Crippen LogP contribution < -0.4 is 10.1 Å². The molecule has 0 aliphatic rings. The molecule has 0 aliphatic heterocycles. The van der Waals surface area contributed by atoms with E-state index in [1.165, 1.54) is 11.1 Å². The van der Waals surface area contributed by atoms with Crippen LogP contribution in [0.5, 0.6) is 5.75 Å². The van der Waals surface area contributed by atoms with E-state index >= 15 is 0 Å². The molecule has 0 saturated heterocycles. The molecule has 0 amide bonds. The molecule has 33 heavy (non-hydrogen) atoms. The maximum atomic E-state index is 10.1. The molecule has 5 heteroatoms. The summed E-state index contributed by atoms with van der Waals surface area (Å²) >= 11 is 0. The number of nitriles is 1. The molecule has 2 heterocycles. The Hall–Kier alpha value is -4.30. The molecule has 0 spiro atoms. The summed E-state index contributed by atoms with van der Waals surface area (Å²) < 4.78 is 7.40. The normalized spacial score (nSPS) is 11.0. The Morgan fingerprint density at radius 1 is 0.970 bits per heavy atom.